The molecule has 3 rings (SSSR count). The molecule has 0 aromatic heterocycles. The van der Waals surface area contributed by atoms with Gasteiger partial charge in [-0.05, 0) is 36.8 Å². The normalized spacial score (nSPS) is 14.0. The molecule has 0 fully saturated rings. The molecule has 8 nitrogen and oxygen atoms in total. The van der Waals surface area contributed by atoms with Crippen molar-refractivity contribution < 1.29 is 27.4 Å². The van der Waals surface area contributed by atoms with Gasteiger partial charge in [-0.1, -0.05) is 12.1 Å². The van der Waals surface area contributed by atoms with Gasteiger partial charge in [-0.15, -0.1) is 0 Å². The highest BCUT2D eigenvalue weighted by atomic mass is 32.2. The molecule has 0 saturated heterocycles. The van der Waals surface area contributed by atoms with Gasteiger partial charge in [-0.2, -0.15) is 0 Å². The van der Waals surface area contributed by atoms with E-state index in [0.717, 1.165) is 16.1 Å². The van der Waals surface area contributed by atoms with Crippen LogP contribution < -0.4 is 23.8 Å². The van der Waals surface area contributed by atoms with Crippen molar-refractivity contribution in [3.63, 3.8) is 0 Å². The SMILES string of the molecule is COc1cccc(N(CC(=O)N[C@H](C)c2ccc3c(c2)OCCO3)S(C)(=O)=O)c1. The van der Waals surface area contributed by atoms with E-state index >= 15 is 0 Å². The Morgan fingerprint density at radius 3 is 2.59 bits per heavy atom. The Balaban J connectivity index is 1.73. The van der Waals surface area contributed by atoms with Crippen LogP contribution in [-0.4, -0.2) is 47.4 Å². The van der Waals surface area contributed by atoms with E-state index in [0.29, 0.717) is 36.1 Å². The zero-order valence-electron chi connectivity index (χ0n) is 16.5. The number of amides is 1. The van der Waals surface area contributed by atoms with Crippen LogP contribution in [0.5, 0.6) is 17.2 Å². The first kappa shape index (κ1) is 20.8. The molecule has 1 aliphatic rings. The molecule has 1 N–H and O–H groups in total. The van der Waals surface area contributed by atoms with Crippen molar-refractivity contribution in [3.8, 4) is 17.2 Å². The van der Waals surface area contributed by atoms with Crippen molar-refractivity contribution in [2.75, 3.05) is 37.4 Å². The number of carbonyl (C=O) groups excluding carboxylic acids is 1. The highest BCUT2D eigenvalue weighted by molar-refractivity contribution is 7.92. The number of anilines is 1. The van der Waals surface area contributed by atoms with E-state index in [-0.39, 0.29) is 12.6 Å². The predicted molar refractivity (Wildman–Crippen MR) is 109 cm³/mol. The van der Waals surface area contributed by atoms with Gasteiger partial charge in [0.05, 0.1) is 25.1 Å². The molecule has 0 saturated carbocycles. The van der Waals surface area contributed by atoms with E-state index in [4.69, 9.17) is 14.2 Å². The van der Waals surface area contributed by atoms with Crippen LogP contribution in [0.2, 0.25) is 0 Å². The van der Waals surface area contributed by atoms with Gasteiger partial charge in [0.2, 0.25) is 15.9 Å². The number of carbonyl (C=O) groups is 1. The summed E-state index contributed by atoms with van der Waals surface area (Å²) in [5, 5.41) is 2.83. The number of nitrogens with zero attached hydrogens (tertiary/aromatic N) is 1. The molecule has 0 unspecified atom stereocenters. The summed E-state index contributed by atoms with van der Waals surface area (Å²) >= 11 is 0. The maximum atomic E-state index is 12.6. The van der Waals surface area contributed by atoms with E-state index in [1.165, 1.54) is 7.11 Å². The van der Waals surface area contributed by atoms with Gasteiger partial charge in [0.25, 0.3) is 0 Å². The van der Waals surface area contributed by atoms with Crippen molar-refractivity contribution >= 4 is 21.6 Å². The Morgan fingerprint density at radius 1 is 1.17 bits per heavy atom. The summed E-state index contributed by atoms with van der Waals surface area (Å²) in [6.07, 6.45) is 1.06. The van der Waals surface area contributed by atoms with Crippen LogP contribution in [-0.2, 0) is 14.8 Å². The number of benzene rings is 2. The third kappa shape index (κ3) is 5.11. The number of fused-ring (bicyclic) bond motifs is 1. The van der Waals surface area contributed by atoms with Crippen LogP contribution in [0.3, 0.4) is 0 Å². The smallest absolute Gasteiger partial charge is 0.241 e. The minimum absolute atomic E-state index is 0.343. The second kappa shape index (κ2) is 8.60. The molecule has 0 aliphatic carbocycles. The predicted octanol–water partition coefficient (Wildman–Crippen LogP) is 2.11. The average molecular weight is 420 g/mol. The van der Waals surface area contributed by atoms with Crippen molar-refractivity contribution in [2.45, 2.75) is 13.0 Å². The Labute approximate surface area is 170 Å². The van der Waals surface area contributed by atoms with E-state index < -0.39 is 15.9 Å². The molecule has 0 bridgehead atoms. The van der Waals surface area contributed by atoms with Crippen LogP contribution >= 0.6 is 0 Å². The summed E-state index contributed by atoms with van der Waals surface area (Å²) in [6, 6.07) is 11.7. The summed E-state index contributed by atoms with van der Waals surface area (Å²) in [7, 11) is -2.18. The number of ether oxygens (including phenoxy) is 3. The van der Waals surface area contributed by atoms with Gasteiger partial charge in [0.1, 0.15) is 25.5 Å². The molecule has 1 amide bonds. The van der Waals surface area contributed by atoms with Crippen molar-refractivity contribution in [1.82, 2.24) is 5.32 Å². The molecule has 2 aromatic carbocycles. The van der Waals surface area contributed by atoms with Crippen LogP contribution in [0.15, 0.2) is 42.5 Å². The van der Waals surface area contributed by atoms with E-state index in [1.54, 1.807) is 30.3 Å². The Bertz CT molecular complexity index is 992. The lowest BCUT2D eigenvalue weighted by Crippen LogP contribution is -2.41. The number of hydrogen-bond acceptors (Lipinski definition) is 6. The van der Waals surface area contributed by atoms with E-state index in [1.807, 2.05) is 19.1 Å². The summed E-state index contributed by atoms with van der Waals surface area (Å²) in [4.78, 5) is 12.6. The molecule has 1 atom stereocenters. The lowest BCUT2D eigenvalue weighted by Gasteiger charge is -2.24. The molecule has 1 aliphatic heterocycles. The highest BCUT2D eigenvalue weighted by Crippen LogP contribution is 2.32. The van der Waals surface area contributed by atoms with Gasteiger partial charge in [-0.3, -0.25) is 9.10 Å². The maximum Gasteiger partial charge on any atom is 0.241 e. The number of methoxy groups -OCH3 is 1. The first-order valence-corrected chi connectivity index (χ1v) is 10.9. The van der Waals surface area contributed by atoms with Gasteiger partial charge >= 0.3 is 0 Å². The fourth-order valence-electron chi connectivity index (χ4n) is 3.00. The second-order valence-electron chi connectivity index (χ2n) is 6.66. The van der Waals surface area contributed by atoms with Gasteiger partial charge in [0.15, 0.2) is 11.5 Å². The van der Waals surface area contributed by atoms with E-state index in [9.17, 15) is 13.2 Å². The Kier molecular flexibility index (Phi) is 6.17. The van der Waals surface area contributed by atoms with Crippen LogP contribution in [0.25, 0.3) is 0 Å². The first-order valence-electron chi connectivity index (χ1n) is 9.08. The second-order valence-corrected chi connectivity index (χ2v) is 8.57. The third-order valence-electron chi connectivity index (χ3n) is 4.47. The quantitative estimate of drug-likeness (QED) is 0.737. The fraction of sp³-hybridized carbons (Fsp3) is 0.350. The molecule has 156 valence electrons. The fourth-order valence-corrected chi connectivity index (χ4v) is 3.84. The number of nitrogens with one attached hydrogen (secondary N) is 1. The van der Waals surface area contributed by atoms with Crippen LogP contribution in [0, 0.1) is 0 Å². The third-order valence-corrected chi connectivity index (χ3v) is 5.61. The summed E-state index contributed by atoms with van der Waals surface area (Å²) in [5.74, 6) is 1.37. The Hall–Kier alpha value is -2.94. The number of hydrogen-bond donors (Lipinski definition) is 1. The lowest BCUT2D eigenvalue weighted by atomic mass is 10.1. The molecular weight excluding hydrogens is 396 g/mol. The van der Waals surface area contributed by atoms with Gasteiger partial charge in [0, 0.05) is 6.07 Å². The first-order chi connectivity index (χ1) is 13.8. The van der Waals surface area contributed by atoms with Crippen molar-refractivity contribution in [3.05, 3.63) is 48.0 Å². The van der Waals surface area contributed by atoms with Crippen molar-refractivity contribution in [1.29, 1.82) is 0 Å². The van der Waals surface area contributed by atoms with Gasteiger partial charge < -0.3 is 19.5 Å². The average Bonchev–Trinajstić information content (AvgIpc) is 2.70. The molecule has 29 heavy (non-hydrogen) atoms. The monoisotopic (exact) mass is 420 g/mol. The maximum absolute atomic E-state index is 12.6. The topological polar surface area (TPSA) is 94.2 Å². The lowest BCUT2D eigenvalue weighted by molar-refractivity contribution is -0.120. The van der Waals surface area contributed by atoms with Crippen molar-refractivity contribution in [2.24, 2.45) is 0 Å². The molecule has 0 spiro atoms. The van der Waals surface area contributed by atoms with Gasteiger partial charge in [-0.25, -0.2) is 8.42 Å². The standard InChI is InChI=1S/C20H24N2O6S/c1-14(15-7-8-18-19(11-15)28-10-9-27-18)21-20(23)13-22(29(3,24)25)16-5-4-6-17(12-16)26-2/h4-8,11-12,14H,9-10,13H2,1-3H3,(H,21,23)/t14-/m1/s1. The number of sulfonamides is 1. The molecule has 2 aromatic rings. The summed E-state index contributed by atoms with van der Waals surface area (Å²) in [6.45, 7) is 2.45. The highest BCUT2D eigenvalue weighted by Gasteiger charge is 2.23. The minimum Gasteiger partial charge on any atom is -0.497 e. The molecule has 1 heterocycles. The zero-order valence-corrected chi connectivity index (χ0v) is 17.4. The van der Waals surface area contributed by atoms with E-state index in [2.05, 4.69) is 5.32 Å². The molecular formula is C20H24N2O6S. The minimum atomic E-state index is -3.67. The van der Waals surface area contributed by atoms with Crippen LogP contribution in [0.1, 0.15) is 18.5 Å². The summed E-state index contributed by atoms with van der Waals surface area (Å²) in [5.41, 5.74) is 1.18. The Morgan fingerprint density at radius 2 is 1.90 bits per heavy atom. The summed E-state index contributed by atoms with van der Waals surface area (Å²) < 4.78 is 41.8. The zero-order chi connectivity index (χ0) is 21.0. The van der Waals surface area contributed by atoms with Crippen LogP contribution in [0.4, 0.5) is 5.69 Å². The molecule has 9 heteroatoms. The number of rotatable bonds is 7. The molecule has 0 radical (unpaired) electrons. The largest absolute Gasteiger partial charge is 0.497 e.